The number of amides is 2. The van der Waals surface area contributed by atoms with E-state index in [0.717, 1.165) is 11.3 Å². The molecule has 2 amide bonds. The highest BCUT2D eigenvalue weighted by Crippen LogP contribution is 2.31. The molecule has 2 aromatic carbocycles. The summed E-state index contributed by atoms with van der Waals surface area (Å²) in [5.41, 5.74) is 2.27. The number of para-hydroxylation sites is 2. The number of nitrogens with zero attached hydrogens (tertiary/aromatic N) is 2. The standard InChI is InChI=1S/C23H26N2O4/c1-16-7-9-17(10-8-16)12-25-13-18(11-22(25)26)23(27)24(2)14-19-15-28-20-5-3-4-6-21(20)29-19/h3-10,18-19H,11-15H2,1-2H3. The number of carbonyl (C=O) groups is 2. The van der Waals surface area contributed by atoms with E-state index < -0.39 is 0 Å². The van der Waals surface area contributed by atoms with Crippen molar-refractivity contribution in [3.05, 3.63) is 59.7 Å². The Kier molecular flexibility index (Phi) is 5.43. The highest BCUT2D eigenvalue weighted by Gasteiger charge is 2.36. The zero-order valence-electron chi connectivity index (χ0n) is 16.8. The molecule has 2 aromatic rings. The SMILES string of the molecule is Cc1ccc(CN2CC(C(=O)N(C)CC3COc4ccccc4O3)CC2=O)cc1. The molecule has 0 aliphatic carbocycles. The van der Waals surface area contributed by atoms with Gasteiger partial charge in [-0.15, -0.1) is 0 Å². The van der Waals surface area contributed by atoms with Crippen LogP contribution in [0.3, 0.4) is 0 Å². The van der Waals surface area contributed by atoms with E-state index in [2.05, 4.69) is 0 Å². The fourth-order valence-corrected chi connectivity index (χ4v) is 3.86. The largest absolute Gasteiger partial charge is 0.486 e. The Morgan fingerprint density at radius 2 is 1.86 bits per heavy atom. The molecule has 0 radical (unpaired) electrons. The summed E-state index contributed by atoms with van der Waals surface area (Å²) >= 11 is 0. The summed E-state index contributed by atoms with van der Waals surface area (Å²) in [6.45, 7) is 3.87. The van der Waals surface area contributed by atoms with E-state index in [-0.39, 0.29) is 30.3 Å². The van der Waals surface area contributed by atoms with E-state index in [0.29, 0.717) is 32.0 Å². The molecule has 1 saturated heterocycles. The van der Waals surface area contributed by atoms with Crippen molar-refractivity contribution in [1.29, 1.82) is 0 Å². The zero-order valence-corrected chi connectivity index (χ0v) is 16.8. The number of likely N-dealkylation sites (tertiary alicyclic amines) is 1. The Hall–Kier alpha value is -3.02. The minimum Gasteiger partial charge on any atom is -0.486 e. The summed E-state index contributed by atoms with van der Waals surface area (Å²) < 4.78 is 11.7. The van der Waals surface area contributed by atoms with Crippen LogP contribution in [0.15, 0.2) is 48.5 Å². The molecule has 0 aromatic heterocycles. The number of carbonyl (C=O) groups excluding carboxylic acids is 2. The van der Waals surface area contributed by atoms with Crippen molar-refractivity contribution in [2.45, 2.75) is 26.0 Å². The van der Waals surface area contributed by atoms with Gasteiger partial charge in [-0.1, -0.05) is 42.0 Å². The van der Waals surface area contributed by atoms with Crippen molar-refractivity contribution in [3.63, 3.8) is 0 Å². The normalized spacial score (nSPS) is 20.6. The highest BCUT2D eigenvalue weighted by atomic mass is 16.6. The molecule has 2 unspecified atom stereocenters. The Labute approximate surface area is 171 Å². The second-order valence-corrected chi connectivity index (χ2v) is 7.88. The molecule has 29 heavy (non-hydrogen) atoms. The monoisotopic (exact) mass is 394 g/mol. The molecule has 2 aliphatic rings. The summed E-state index contributed by atoms with van der Waals surface area (Å²) in [7, 11) is 1.76. The van der Waals surface area contributed by atoms with Crippen LogP contribution in [0, 0.1) is 12.8 Å². The fourth-order valence-electron chi connectivity index (χ4n) is 3.86. The van der Waals surface area contributed by atoms with E-state index in [9.17, 15) is 9.59 Å². The molecule has 2 aliphatic heterocycles. The van der Waals surface area contributed by atoms with Crippen molar-refractivity contribution in [1.82, 2.24) is 9.80 Å². The van der Waals surface area contributed by atoms with Crippen LogP contribution in [0.25, 0.3) is 0 Å². The van der Waals surface area contributed by atoms with Gasteiger partial charge in [0.1, 0.15) is 6.61 Å². The van der Waals surface area contributed by atoms with E-state index in [1.54, 1.807) is 16.8 Å². The van der Waals surface area contributed by atoms with Crippen molar-refractivity contribution in [2.24, 2.45) is 5.92 Å². The van der Waals surface area contributed by atoms with Gasteiger partial charge >= 0.3 is 0 Å². The van der Waals surface area contributed by atoms with Crippen LogP contribution in [0.5, 0.6) is 11.5 Å². The van der Waals surface area contributed by atoms with Crippen LogP contribution < -0.4 is 9.47 Å². The van der Waals surface area contributed by atoms with Gasteiger partial charge in [0.2, 0.25) is 11.8 Å². The van der Waals surface area contributed by atoms with Crippen LogP contribution >= 0.6 is 0 Å². The molecule has 2 heterocycles. The molecular weight excluding hydrogens is 368 g/mol. The van der Waals surface area contributed by atoms with Crippen molar-refractivity contribution < 1.29 is 19.1 Å². The Bertz CT molecular complexity index is 896. The fraction of sp³-hybridized carbons (Fsp3) is 0.391. The lowest BCUT2D eigenvalue weighted by atomic mass is 10.1. The maximum Gasteiger partial charge on any atom is 0.227 e. The first-order valence-electron chi connectivity index (χ1n) is 9.96. The molecular formula is C23H26N2O4. The maximum absolute atomic E-state index is 12.9. The third-order valence-corrected chi connectivity index (χ3v) is 5.48. The van der Waals surface area contributed by atoms with Crippen LogP contribution in [0.1, 0.15) is 17.5 Å². The molecule has 152 valence electrons. The van der Waals surface area contributed by atoms with Gasteiger partial charge in [-0.2, -0.15) is 0 Å². The lowest BCUT2D eigenvalue weighted by Crippen LogP contribution is -2.44. The van der Waals surface area contributed by atoms with Crippen LogP contribution in [0.2, 0.25) is 0 Å². The van der Waals surface area contributed by atoms with Gasteiger partial charge < -0.3 is 19.3 Å². The average molecular weight is 394 g/mol. The minimum absolute atomic E-state index is 0.0211. The van der Waals surface area contributed by atoms with Crippen LogP contribution in [0.4, 0.5) is 0 Å². The number of ether oxygens (including phenoxy) is 2. The third-order valence-electron chi connectivity index (χ3n) is 5.48. The second kappa shape index (κ2) is 8.15. The number of hydrogen-bond acceptors (Lipinski definition) is 4. The minimum atomic E-state index is -0.310. The molecule has 1 fully saturated rings. The number of hydrogen-bond donors (Lipinski definition) is 0. The predicted molar refractivity (Wildman–Crippen MR) is 109 cm³/mol. The van der Waals surface area contributed by atoms with E-state index in [4.69, 9.17) is 9.47 Å². The van der Waals surface area contributed by atoms with Crippen LogP contribution in [-0.4, -0.2) is 54.5 Å². The Morgan fingerprint density at radius 3 is 2.62 bits per heavy atom. The summed E-state index contributed by atoms with van der Waals surface area (Å²) in [4.78, 5) is 28.8. The topological polar surface area (TPSA) is 59.1 Å². The highest BCUT2D eigenvalue weighted by molar-refractivity contribution is 5.89. The quantitative estimate of drug-likeness (QED) is 0.782. The number of benzene rings is 2. The lowest BCUT2D eigenvalue weighted by Gasteiger charge is -2.30. The summed E-state index contributed by atoms with van der Waals surface area (Å²) in [5.74, 6) is 1.13. The first kappa shape index (κ1) is 19.3. The number of aryl methyl sites for hydroxylation is 1. The van der Waals surface area contributed by atoms with E-state index >= 15 is 0 Å². The first-order chi connectivity index (χ1) is 14.0. The van der Waals surface area contributed by atoms with Gasteiger partial charge in [-0.05, 0) is 24.6 Å². The Balaban J connectivity index is 1.32. The molecule has 6 heteroatoms. The lowest BCUT2D eigenvalue weighted by molar-refractivity contribution is -0.135. The van der Waals surface area contributed by atoms with Crippen molar-refractivity contribution >= 4 is 11.8 Å². The molecule has 0 N–H and O–H groups in total. The first-order valence-corrected chi connectivity index (χ1v) is 9.96. The van der Waals surface area contributed by atoms with Crippen molar-refractivity contribution in [2.75, 3.05) is 26.7 Å². The maximum atomic E-state index is 12.9. The molecule has 4 rings (SSSR count). The summed E-state index contributed by atoms with van der Waals surface area (Å²) in [5, 5.41) is 0. The molecule has 0 saturated carbocycles. The molecule has 6 nitrogen and oxygen atoms in total. The number of likely N-dealkylation sites (N-methyl/N-ethyl adjacent to an activating group) is 1. The van der Waals surface area contributed by atoms with Gasteiger partial charge in [0.05, 0.1) is 12.5 Å². The molecule has 0 bridgehead atoms. The number of fused-ring (bicyclic) bond motifs is 1. The van der Waals surface area contributed by atoms with Gasteiger partial charge in [0.25, 0.3) is 0 Å². The van der Waals surface area contributed by atoms with E-state index in [1.165, 1.54) is 5.56 Å². The van der Waals surface area contributed by atoms with Gasteiger partial charge in [-0.25, -0.2) is 0 Å². The van der Waals surface area contributed by atoms with Crippen LogP contribution in [-0.2, 0) is 16.1 Å². The zero-order chi connectivity index (χ0) is 20.4. The third kappa shape index (κ3) is 4.36. The van der Waals surface area contributed by atoms with Gasteiger partial charge in [-0.3, -0.25) is 9.59 Å². The smallest absolute Gasteiger partial charge is 0.227 e. The Morgan fingerprint density at radius 1 is 1.14 bits per heavy atom. The predicted octanol–water partition coefficient (Wildman–Crippen LogP) is 2.64. The number of rotatable bonds is 5. The average Bonchev–Trinajstić information content (AvgIpc) is 3.09. The summed E-state index contributed by atoms with van der Waals surface area (Å²) in [6, 6.07) is 15.7. The second-order valence-electron chi connectivity index (χ2n) is 7.88. The van der Waals surface area contributed by atoms with Crippen molar-refractivity contribution in [3.8, 4) is 11.5 Å². The van der Waals surface area contributed by atoms with Gasteiger partial charge in [0.15, 0.2) is 17.6 Å². The molecule has 0 spiro atoms. The van der Waals surface area contributed by atoms with Gasteiger partial charge in [0, 0.05) is 26.6 Å². The molecule has 2 atom stereocenters. The van der Waals surface area contributed by atoms with E-state index in [1.807, 2.05) is 55.5 Å². The summed E-state index contributed by atoms with van der Waals surface area (Å²) in [6.07, 6.45) is 0.0412.